The molecule has 0 aromatic heterocycles. The molecule has 62 valence electrons. The Labute approximate surface area is 81.8 Å². The highest BCUT2D eigenvalue weighted by molar-refractivity contribution is 14.1. The minimum Gasteiger partial charge on any atom is -0.379 e. The van der Waals surface area contributed by atoms with Gasteiger partial charge in [-0.25, -0.2) is 0 Å². The van der Waals surface area contributed by atoms with E-state index >= 15 is 0 Å². The summed E-state index contributed by atoms with van der Waals surface area (Å²) in [6, 6.07) is 0. The molecule has 1 fully saturated rings. The summed E-state index contributed by atoms with van der Waals surface area (Å²) in [5.74, 6) is 0. The van der Waals surface area contributed by atoms with E-state index < -0.39 is 0 Å². The standard InChI is InChI=1S/C6H12INO.ClH/c7-1-2-8-3-5-9-6-4-8;/h1-6H2;1H. The Morgan fingerprint density at radius 1 is 1.30 bits per heavy atom. The van der Waals surface area contributed by atoms with Crippen LogP contribution in [-0.4, -0.2) is 42.2 Å². The highest BCUT2D eigenvalue weighted by atomic mass is 127. The highest BCUT2D eigenvalue weighted by Crippen LogP contribution is 1.96. The van der Waals surface area contributed by atoms with E-state index in [1.807, 2.05) is 0 Å². The van der Waals surface area contributed by atoms with Gasteiger partial charge in [0.15, 0.2) is 0 Å². The molecule has 0 radical (unpaired) electrons. The number of morpholine rings is 1. The summed E-state index contributed by atoms with van der Waals surface area (Å²) in [7, 11) is 0. The van der Waals surface area contributed by atoms with Gasteiger partial charge < -0.3 is 4.74 Å². The molecular weight excluding hydrogens is 264 g/mol. The molecule has 0 aromatic carbocycles. The molecule has 1 rings (SSSR count). The van der Waals surface area contributed by atoms with Crippen LogP contribution >= 0.6 is 35.0 Å². The molecule has 0 amide bonds. The number of halogens is 2. The van der Waals surface area contributed by atoms with E-state index in [0.717, 1.165) is 26.3 Å². The van der Waals surface area contributed by atoms with Gasteiger partial charge in [0.05, 0.1) is 13.2 Å². The van der Waals surface area contributed by atoms with Gasteiger partial charge in [0, 0.05) is 24.1 Å². The maximum absolute atomic E-state index is 5.20. The van der Waals surface area contributed by atoms with E-state index in [-0.39, 0.29) is 12.4 Å². The van der Waals surface area contributed by atoms with Gasteiger partial charge in [-0.3, -0.25) is 4.90 Å². The quantitative estimate of drug-likeness (QED) is 0.555. The van der Waals surface area contributed by atoms with Crippen LogP contribution in [0.3, 0.4) is 0 Å². The van der Waals surface area contributed by atoms with Gasteiger partial charge in [0.25, 0.3) is 0 Å². The van der Waals surface area contributed by atoms with Crippen LogP contribution in [-0.2, 0) is 4.74 Å². The van der Waals surface area contributed by atoms with Crippen LogP contribution in [0.2, 0.25) is 0 Å². The molecule has 0 atom stereocenters. The maximum Gasteiger partial charge on any atom is 0.0594 e. The molecule has 0 N–H and O–H groups in total. The lowest BCUT2D eigenvalue weighted by molar-refractivity contribution is 0.0413. The molecule has 1 saturated heterocycles. The van der Waals surface area contributed by atoms with Crippen LogP contribution in [0.5, 0.6) is 0 Å². The van der Waals surface area contributed by atoms with Crippen LogP contribution in [0, 0.1) is 0 Å². The molecule has 0 saturated carbocycles. The van der Waals surface area contributed by atoms with Gasteiger partial charge in [-0.1, -0.05) is 22.6 Å². The fraction of sp³-hybridized carbons (Fsp3) is 1.00. The van der Waals surface area contributed by atoms with E-state index in [4.69, 9.17) is 4.74 Å². The average molecular weight is 278 g/mol. The number of rotatable bonds is 2. The Bertz CT molecular complexity index is 75.4. The topological polar surface area (TPSA) is 12.5 Å². The van der Waals surface area contributed by atoms with Crippen molar-refractivity contribution in [3.8, 4) is 0 Å². The molecule has 2 nitrogen and oxygen atoms in total. The molecule has 0 unspecified atom stereocenters. The third kappa shape index (κ3) is 3.95. The smallest absolute Gasteiger partial charge is 0.0594 e. The van der Waals surface area contributed by atoms with Crippen molar-refractivity contribution in [3.63, 3.8) is 0 Å². The van der Waals surface area contributed by atoms with Gasteiger partial charge in [-0.15, -0.1) is 12.4 Å². The van der Waals surface area contributed by atoms with Crippen LogP contribution in [0.1, 0.15) is 0 Å². The summed E-state index contributed by atoms with van der Waals surface area (Å²) >= 11 is 2.41. The first-order valence-electron chi connectivity index (χ1n) is 3.29. The third-order valence-corrected chi connectivity index (χ3v) is 1.99. The van der Waals surface area contributed by atoms with Gasteiger partial charge in [0.1, 0.15) is 0 Å². The minimum atomic E-state index is 0. The zero-order valence-electron chi connectivity index (χ0n) is 5.88. The Kier molecular flexibility index (Phi) is 7.26. The molecule has 1 aliphatic heterocycles. The average Bonchev–Trinajstić information content (AvgIpc) is 1.91. The fourth-order valence-corrected chi connectivity index (χ4v) is 1.63. The fourth-order valence-electron chi connectivity index (χ4n) is 0.944. The van der Waals surface area contributed by atoms with Gasteiger partial charge in [-0.2, -0.15) is 0 Å². The summed E-state index contributed by atoms with van der Waals surface area (Å²) in [6.07, 6.45) is 0. The lowest BCUT2D eigenvalue weighted by atomic mass is 10.4. The first-order valence-corrected chi connectivity index (χ1v) is 4.82. The summed E-state index contributed by atoms with van der Waals surface area (Å²) in [5, 5.41) is 0. The molecule has 0 aromatic rings. The summed E-state index contributed by atoms with van der Waals surface area (Å²) in [6.45, 7) is 5.34. The second-order valence-electron chi connectivity index (χ2n) is 2.14. The second kappa shape index (κ2) is 6.64. The molecule has 10 heavy (non-hydrogen) atoms. The Balaban J connectivity index is 0.000000810. The summed E-state index contributed by atoms with van der Waals surface area (Å²) in [4.78, 5) is 2.44. The second-order valence-corrected chi connectivity index (χ2v) is 3.22. The van der Waals surface area contributed by atoms with Crippen molar-refractivity contribution in [1.82, 2.24) is 4.90 Å². The van der Waals surface area contributed by atoms with Crippen molar-refractivity contribution in [2.75, 3.05) is 37.3 Å². The third-order valence-electron chi connectivity index (χ3n) is 1.50. The largest absolute Gasteiger partial charge is 0.379 e. The monoisotopic (exact) mass is 277 g/mol. The van der Waals surface area contributed by atoms with Crippen molar-refractivity contribution in [2.45, 2.75) is 0 Å². The summed E-state index contributed by atoms with van der Waals surface area (Å²) < 4.78 is 6.44. The molecular formula is C6H13ClINO. The number of hydrogen-bond donors (Lipinski definition) is 0. The SMILES string of the molecule is Cl.ICCN1CCOCC1. The van der Waals surface area contributed by atoms with E-state index in [1.165, 1.54) is 11.0 Å². The maximum atomic E-state index is 5.20. The Morgan fingerprint density at radius 2 is 1.90 bits per heavy atom. The molecule has 1 aliphatic rings. The van der Waals surface area contributed by atoms with Crippen molar-refractivity contribution >= 4 is 35.0 Å². The normalized spacial score (nSPS) is 20.1. The van der Waals surface area contributed by atoms with Crippen LogP contribution in [0.4, 0.5) is 0 Å². The number of nitrogens with zero attached hydrogens (tertiary/aromatic N) is 1. The molecule has 0 aliphatic carbocycles. The number of alkyl halides is 1. The van der Waals surface area contributed by atoms with Crippen LogP contribution in [0.25, 0.3) is 0 Å². The molecule has 0 bridgehead atoms. The predicted octanol–water partition coefficient (Wildman–Crippen LogP) is 1.18. The Morgan fingerprint density at radius 3 is 2.40 bits per heavy atom. The minimum absolute atomic E-state index is 0. The molecule has 1 heterocycles. The van der Waals surface area contributed by atoms with Crippen molar-refractivity contribution < 1.29 is 4.74 Å². The van der Waals surface area contributed by atoms with Gasteiger partial charge in [-0.05, 0) is 0 Å². The molecule has 0 spiro atoms. The molecule has 4 heteroatoms. The van der Waals surface area contributed by atoms with Crippen molar-refractivity contribution in [1.29, 1.82) is 0 Å². The van der Waals surface area contributed by atoms with E-state index in [2.05, 4.69) is 27.5 Å². The van der Waals surface area contributed by atoms with E-state index in [1.54, 1.807) is 0 Å². The Hall–Kier alpha value is 0.940. The number of ether oxygens (including phenoxy) is 1. The summed E-state index contributed by atoms with van der Waals surface area (Å²) in [5.41, 5.74) is 0. The van der Waals surface area contributed by atoms with Gasteiger partial charge in [0.2, 0.25) is 0 Å². The zero-order chi connectivity index (χ0) is 6.53. The van der Waals surface area contributed by atoms with Crippen LogP contribution in [0.15, 0.2) is 0 Å². The number of hydrogen-bond acceptors (Lipinski definition) is 2. The lowest BCUT2D eigenvalue weighted by Gasteiger charge is -2.25. The highest BCUT2D eigenvalue weighted by Gasteiger charge is 2.07. The lowest BCUT2D eigenvalue weighted by Crippen LogP contribution is -2.37. The van der Waals surface area contributed by atoms with Crippen molar-refractivity contribution in [3.05, 3.63) is 0 Å². The van der Waals surface area contributed by atoms with Crippen LogP contribution < -0.4 is 0 Å². The predicted molar refractivity (Wildman–Crippen MR) is 53.4 cm³/mol. The van der Waals surface area contributed by atoms with Crippen molar-refractivity contribution in [2.24, 2.45) is 0 Å². The van der Waals surface area contributed by atoms with E-state index in [9.17, 15) is 0 Å². The first kappa shape index (κ1) is 10.9. The zero-order valence-corrected chi connectivity index (χ0v) is 8.86. The van der Waals surface area contributed by atoms with Gasteiger partial charge >= 0.3 is 0 Å². The first-order chi connectivity index (χ1) is 4.43. The van der Waals surface area contributed by atoms with E-state index in [0.29, 0.717) is 0 Å².